The number of phenolic OH excluding ortho intramolecular Hbond substituents is 1. The first-order valence-corrected chi connectivity index (χ1v) is 9.72. The van der Waals surface area contributed by atoms with Gasteiger partial charge in [-0.25, -0.2) is 4.68 Å². The molecular weight excluding hydrogens is 348 g/mol. The zero-order chi connectivity index (χ0) is 17.9. The third kappa shape index (κ3) is 3.95. The fourth-order valence-corrected chi connectivity index (χ4v) is 4.13. The molecule has 0 spiro atoms. The van der Waals surface area contributed by atoms with Gasteiger partial charge in [-0.3, -0.25) is 4.90 Å². The van der Waals surface area contributed by atoms with Crippen molar-refractivity contribution in [1.82, 2.24) is 19.9 Å². The van der Waals surface area contributed by atoms with Gasteiger partial charge in [-0.15, -0.1) is 16.4 Å². The van der Waals surface area contributed by atoms with E-state index >= 15 is 0 Å². The monoisotopic (exact) mass is 370 g/mol. The third-order valence-corrected chi connectivity index (χ3v) is 5.69. The molecule has 136 valence electrons. The molecule has 0 aliphatic carbocycles. The summed E-state index contributed by atoms with van der Waals surface area (Å²) in [7, 11) is 0. The molecule has 0 bridgehead atoms. The lowest BCUT2D eigenvalue weighted by atomic mass is 10.1. The lowest BCUT2D eigenvalue weighted by Gasteiger charge is -2.12. The molecule has 1 aromatic carbocycles. The molecule has 0 amide bonds. The van der Waals surface area contributed by atoms with Crippen LogP contribution in [0.2, 0.25) is 0 Å². The summed E-state index contributed by atoms with van der Waals surface area (Å²) in [6.45, 7) is 3.71. The summed E-state index contributed by atoms with van der Waals surface area (Å²) in [6, 6.07) is 8.75. The molecule has 1 fully saturated rings. The van der Waals surface area contributed by atoms with Crippen LogP contribution < -0.4 is 0 Å². The van der Waals surface area contributed by atoms with E-state index in [1.165, 1.54) is 31.5 Å². The van der Waals surface area contributed by atoms with Crippen LogP contribution in [-0.4, -0.2) is 43.2 Å². The maximum absolute atomic E-state index is 10.3. The van der Waals surface area contributed by atoms with Gasteiger partial charge in [0.15, 0.2) is 0 Å². The number of likely N-dealkylation sites (tertiary alicyclic amines) is 1. The second kappa shape index (κ2) is 7.57. The van der Waals surface area contributed by atoms with Gasteiger partial charge in [-0.2, -0.15) is 0 Å². The van der Waals surface area contributed by atoms with Crippen molar-refractivity contribution in [2.75, 3.05) is 13.1 Å². The van der Waals surface area contributed by atoms with E-state index in [0.717, 1.165) is 22.7 Å². The topological polar surface area (TPSA) is 74.4 Å². The van der Waals surface area contributed by atoms with Crippen molar-refractivity contribution in [3.05, 3.63) is 53.0 Å². The highest BCUT2D eigenvalue weighted by atomic mass is 32.1. The summed E-state index contributed by atoms with van der Waals surface area (Å²) in [6.07, 6.45) is 3.78. The number of aromatic nitrogens is 3. The molecule has 1 aliphatic heterocycles. The van der Waals surface area contributed by atoms with Crippen LogP contribution in [-0.2, 0) is 13.1 Å². The molecule has 0 unspecified atom stereocenters. The fraction of sp³-hybridized carbons (Fsp3) is 0.368. The first kappa shape index (κ1) is 17.2. The summed E-state index contributed by atoms with van der Waals surface area (Å²) in [5.41, 5.74) is 2.90. The molecule has 2 N–H and O–H groups in total. The van der Waals surface area contributed by atoms with Gasteiger partial charge in [-0.1, -0.05) is 17.3 Å². The SMILES string of the molecule is Oc1ccc([C@H](O)Cn2cc(-c3cc(CN4CCCC4)cs3)nn2)cc1. The Labute approximate surface area is 156 Å². The Morgan fingerprint density at radius 1 is 1.15 bits per heavy atom. The lowest BCUT2D eigenvalue weighted by molar-refractivity contribution is 0.150. The van der Waals surface area contributed by atoms with Gasteiger partial charge >= 0.3 is 0 Å². The van der Waals surface area contributed by atoms with E-state index in [0.29, 0.717) is 6.54 Å². The minimum absolute atomic E-state index is 0.187. The van der Waals surface area contributed by atoms with Gasteiger partial charge in [0.2, 0.25) is 0 Å². The molecular formula is C19H22N4O2S. The van der Waals surface area contributed by atoms with E-state index in [2.05, 4.69) is 26.7 Å². The zero-order valence-electron chi connectivity index (χ0n) is 14.5. The maximum Gasteiger partial charge on any atom is 0.122 e. The number of thiophene rings is 1. The quantitative estimate of drug-likeness (QED) is 0.698. The Morgan fingerprint density at radius 3 is 2.69 bits per heavy atom. The summed E-state index contributed by atoms with van der Waals surface area (Å²) in [5, 5.41) is 30.3. The number of nitrogens with zero attached hydrogens (tertiary/aromatic N) is 4. The molecule has 0 saturated carbocycles. The molecule has 2 aromatic heterocycles. The van der Waals surface area contributed by atoms with Crippen LogP contribution in [0, 0.1) is 0 Å². The van der Waals surface area contributed by atoms with Gasteiger partial charge in [0.05, 0.1) is 23.7 Å². The number of aliphatic hydroxyl groups is 1. The van der Waals surface area contributed by atoms with Crippen LogP contribution in [0.1, 0.15) is 30.1 Å². The first-order valence-electron chi connectivity index (χ1n) is 8.84. The van der Waals surface area contributed by atoms with Crippen molar-refractivity contribution in [3.63, 3.8) is 0 Å². The molecule has 3 heterocycles. The molecule has 6 nitrogen and oxygen atoms in total. The average molecular weight is 370 g/mol. The van der Waals surface area contributed by atoms with E-state index < -0.39 is 6.10 Å². The van der Waals surface area contributed by atoms with Gasteiger partial charge in [0.1, 0.15) is 11.4 Å². The van der Waals surface area contributed by atoms with Gasteiger partial charge in [0, 0.05) is 6.54 Å². The molecule has 1 aliphatic rings. The van der Waals surface area contributed by atoms with E-state index in [4.69, 9.17) is 0 Å². The normalized spacial score (nSPS) is 16.2. The smallest absolute Gasteiger partial charge is 0.122 e. The van der Waals surface area contributed by atoms with Crippen molar-refractivity contribution in [2.24, 2.45) is 0 Å². The lowest BCUT2D eigenvalue weighted by Crippen LogP contribution is -2.17. The predicted molar refractivity (Wildman–Crippen MR) is 101 cm³/mol. The zero-order valence-corrected chi connectivity index (χ0v) is 15.3. The Balaban J connectivity index is 1.41. The van der Waals surface area contributed by atoms with Crippen molar-refractivity contribution in [3.8, 4) is 16.3 Å². The highest BCUT2D eigenvalue weighted by Gasteiger charge is 2.15. The number of aliphatic hydroxyl groups excluding tert-OH is 1. The number of benzene rings is 1. The van der Waals surface area contributed by atoms with Gasteiger partial charge in [-0.05, 0) is 60.6 Å². The molecule has 1 atom stereocenters. The highest BCUT2D eigenvalue weighted by Crippen LogP contribution is 2.27. The molecule has 0 radical (unpaired) electrons. The van der Waals surface area contributed by atoms with Crippen molar-refractivity contribution >= 4 is 11.3 Å². The Morgan fingerprint density at radius 2 is 1.92 bits per heavy atom. The first-order chi connectivity index (χ1) is 12.7. The largest absolute Gasteiger partial charge is 0.508 e. The van der Waals surface area contributed by atoms with Crippen molar-refractivity contribution < 1.29 is 10.2 Å². The molecule has 1 saturated heterocycles. The minimum Gasteiger partial charge on any atom is -0.508 e. The van der Waals surface area contributed by atoms with Crippen LogP contribution in [0.3, 0.4) is 0 Å². The Kier molecular flexibility index (Phi) is 5.01. The average Bonchev–Trinajstić information content (AvgIpc) is 3.38. The summed E-state index contributed by atoms with van der Waals surface area (Å²) in [4.78, 5) is 3.58. The van der Waals surface area contributed by atoms with E-state index in [1.54, 1.807) is 40.3 Å². The van der Waals surface area contributed by atoms with E-state index in [-0.39, 0.29) is 5.75 Å². The van der Waals surface area contributed by atoms with Crippen LogP contribution in [0.5, 0.6) is 5.75 Å². The summed E-state index contributed by atoms with van der Waals surface area (Å²) < 4.78 is 1.66. The fourth-order valence-electron chi connectivity index (χ4n) is 3.27. The van der Waals surface area contributed by atoms with Crippen LogP contribution in [0.25, 0.3) is 10.6 Å². The Hall–Kier alpha value is -2.22. The van der Waals surface area contributed by atoms with Gasteiger partial charge < -0.3 is 10.2 Å². The number of hydrogen-bond donors (Lipinski definition) is 2. The minimum atomic E-state index is -0.695. The molecule has 7 heteroatoms. The number of aromatic hydroxyl groups is 1. The highest BCUT2D eigenvalue weighted by molar-refractivity contribution is 7.13. The molecule has 3 aromatic rings. The van der Waals surface area contributed by atoms with Crippen LogP contribution in [0.15, 0.2) is 41.9 Å². The standard InChI is InChI=1S/C19H22N4O2S/c24-16-5-3-15(4-6-16)18(25)12-23-11-17(20-21-23)19-9-14(13-26-19)10-22-7-1-2-8-22/h3-6,9,11,13,18,24-25H,1-2,7-8,10,12H2/t18-/m1/s1. The van der Waals surface area contributed by atoms with Crippen molar-refractivity contribution in [1.29, 1.82) is 0 Å². The molecule has 26 heavy (non-hydrogen) atoms. The second-order valence-corrected chi connectivity index (χ2v) is 7.65. The maximum atomic E-state index is 10.3. The molecule has 4 rings (SSSR count). The predicted octanol–water partition coefficient (Wildman–Crippen LogP) is 3.04. The summed E-state index contributed by atoms with van der Waals surface area (Å²) >= 11 is 1.68. The summed E-state index contributed by atoms with van der Waals surface area (Å²) in [5.74, 6) is 0.187. The third-order valence-electron chi connectivity index (χ3n) is 4.69. The Bertz CT molecular complexity index is 853. The second-order valence-electron chi connectivity index (χ2n) is 6.74. The number of hydrogen-bond acceptors (Lipinski definition) is 6. The van der Waals surface area contributed by atoms with Gasteiger partial charge in [0.25, 0.3) is 0 Å². The van der Waals surface area contributed by atoms with Crippen LogP contribution >= 0.6 is 11.3 Å². The van der Waals surface area contributed by atoms with Crippen LogP contribution in [0.4, 0.5) is 0 Å². The van der Waals surface area contributed by atoms with E-state index in [9.17, 15) is 10.2 Å². The van der Waals surface area contributed by atoms with Crippen molar-refractivity contribution in [2.45, 2.75) is 32.0 Å². The number of rotatable bonds is 6. The number of phenols is 1. The van der Waals surface area contributed by atoms with E-state index in [1.807, 2.05) is 6.20 Å².